The summed E-state index contributed by atoms with van der Waals surface area (Å²) >= 11 is 3.13. The second kappa shape index (κ2) is 4.34. The van der Waals surface area contributed by atoms with Gasteiger partial charge in [0, 0.05) is 16.5 Å². The van der Waals surface area contributed by atoms with Gasteiger partial charge in [-0.25, -0.2) is 13.8 Å². The molecule has 1 atom stereocenters. The Morgan fingerprint density at radius 2 is 1.86 bits per heavy atom. The number of hydrogen-bond acceptors (Lipinski definition) is 3. The maximum atomic E-state index is 14.4. The first-order valence-electron chi connectivity index (χ1n) is 6.22. The Bertz CT molecular complexity index is 635. The number of rotatable bonds is 0. The molecule has 0 fully saturated rings. The molecule has 1 aliphatic heterocycles. The highest BCUT2D eigenvalue weighted by Gasteiger charge is 2.63. The number of nitrogens with zero attached hydrogens (tertiary/aromatic N) is 1. The fourth-order valence-corrected chi connectivity index (χ4v) is 3.23. The van der Waals surface area contributed by atoms with Gasteiger partial charge < -0.3 is 10.5 Å². The molecule has 0 aromatic heterocycles. The molecule has 0 bridgehead atoms. The molecule has 0 amide bonds. The van der Waals surface area contributed by atoms with Crippen molar-refractivity contribution in [1.29, 1.82) is 0 Å². The number of halogens is 5. The number of fused-ring (bicyclic) bond motifs is 2. The first kappa shape index (κ1) is 14.6. The van der Waals surface area contributed by atoms with Crippen molar-refractivity contribution in [1.82, 2.24) is 0 Å². The van der Waals surface area contributed by atoms with Crippen LogP contribution in [-0.2, 0) is 16.2 Å². The number of hydrogen-bond donors (Lipinski definition) is 1. The summed E-state index contributed by atoms with van der Waals surface area (Å²) in [4.78, 5) is 3.74. The van der Waals surface area contributed by atoms with Crippen molar-refractivity contribution in [3.05, 3.63) is 33.8 Å². The van der Waals surface area contributed by atoms with Crippen molar-refractivity contribution in [2.45, 2.75) is 30.2 Å². The van der Waals surface area contributed by atoms with Gasteiger partial charge in [0.1, 0.15) is 0 Å². The summed E-state index contributed by atoms with van der Waals surface area (Å²) in [7, 11) is 0. The van der Waals surface area contributed by atoms with E-state index in [-0.39, 0.29) is 5.56 Å². The maximum absolute atomic E-state index is 14.4. The van der Waals surface area contributed by atoms with Crippen molar-refractivity contribution in [3.8, 4) is 0 Å². The van der Waals surface area contributed by atoms with E-state index in [1.807, 2.05) is 0 Å². The molecule has 2 N–H and O–H groups in total. The molecule has 1 aromatic carbocycles. The molecule has 0 saturated heterocycles. The van der Waals surface area contributed by atoms with Crippen LogP contribution in [0.5, 0.6) is 0 Å². The molecule has 0 saturated carbocycles. The van der Waals surface area contributed by atoms with Gasteiger partial charge in [0.2, 0.25) is 0 Å². The summed E-state index contributed by atoms with van der Waals surface area (Å²) in [6.07, 6.45) is -1.21. The lowest BCUT2D eigenvalue weighted by Crippen LogP contribution is -2.55. The van der Waals surface area contributed by atoms with Gasteiger partial charge >= 0.3 is 5.92 Å². The van der Waals surface area contributed by atoms with Crippen LogP contribution in [0.1, 0.15) is 24.0 Å². The molecule has 21 heavy (non-hydrogen) atoms. The lowest BCUT2D eigenvalue weighted by atomic mass is 9.71. The summed E-state index contributed by atoms with van der Waals surface area (Å²) in [6, 6.07) is 3.41. The van der Waals surface area contributed by atoms with Gasteiger partial charge in [-0.1, -0.05) is 22.0 Å². The first-order valence-corrected chi connectivity index (χ1v) is 7.02. The van der Waals surface area contributed by atoms with Crippen LogP contribution in [-0.4, -0.2) is 18.6 Å². The van der Waals surface area contributed by atoms with Gasteiger partial charge in [-0.2, -0.15) is 8.78 Å². The van der Waals surface area contributed by atoms with Crippen LogP contribution in [0, 0.1) is 0 Å². The van der Waals surface area contributed by atoms with E-state index in [0.29, 0.717) is 4.47 Å². The highest BCUT2D eigenvalue weighted by Crippen LogP contribution is 2.56. The quantitative estimate of drug-likeness (QED) is 0.714. The van der Waals surface area contributed by atoms with Gasteiger partial charge in [0.05, 0.1) is 0 Å². The summed E-state index contributed by atoms with van der Waals surface area (Å²) in [5, 5.41) is 0. The number of aliphatic imine (C=N–C) groups is 1. The Kier molecular flexibility index (Phi) is 3.02. The number of amidine groups is 1. The highest BCUT2D eigenvalue weighted by molar-refractivity contribution is 9.10. The van der Waals surface area contributed by atoms with Gasteiger partial charge in [0.25, 0.3) is 11.9 Å². The molecule has 2 aliphatic rings. The number of ether oxygens (including phenoxy) is 1. The largest absolute Gasteiger partial charge is 0.459 e. The first-order chi connectivity index (χ1) is 9.68. The molecular formula is C13H11BrF4N2O. The van der Waals surface area contributed by atoms with Crippen molar-refractivity contribution in [2.75, 3.05) is 6.61 Å². The average Bonchev–Trinajstić information content (AvgIpc) is 2.39. The zero-order chi connectivity index (χ0) is 15.5. The monoisotopic (exact) mass is 366 g/mol. The maximum Gasteiger partial charge on any atom is 0.310 e. The topological polar surface area (TPSA) is 47.6 Å². The second-order valence-corrected chi connectivity index (χ2v) is 6.11. The lowest BCUT2D eigenvalue weighted by Gasteiger charge is -2.45. The predicted molar refractivity (Wildman–Crippen MR) is 71.5 cm³/mol. The van der Waals surface area contributed by atoms with Crippen LogP contribution >= 0.6 is 15.9 Å². The Morgan fingerprint density at radius 1 is 1.14 bits per heavy atom. The average molecular weight is 367 g/mol. The minimum absolute atomic E-state index is 0.204. The lowest BCUT2D eigenvalue weighted by molar-refractivity contribution is -0.143. The normalized spacial score (nSPS) is 29.5. The Hall–Kier alpha value is -1.31. The van der Waals surface area contributed by atoms with Gasteiger partial charge in [-0.15, -0.1) is 0 Å². The molecule has 1 spiro atoms. The third-order valence-corrected chi connectivity index (χ3v) is 4.42. The van der Waals surface area contributed by atoms with E-state index in [1.54, 1.807) is 0 Å². The number of benzene rings is 1. The minimum atomic E-state index is -3.41. The Labute approximate surface area is 126 Å². The summed E-state index contributed by atoms with van der Waals surface area (Å²) in [5.41, 5.74) is 2.68. The predicted octanol–water partition coefficient (Wildman–Crippen LogP) is 3.51. The van der Waals surface area contributed by atoms with E-state index < -0.39 is 48.4 Å². The van der Waals surface area contributed by atoms with Crippen LogP contribution in [0.3, 0.4) is 0 Å². The molecule has 1 aromatic rings. The van der Waals surface area contributed by atoms with E-state index in [4.69, 9.17) is 5.73 Å². The second-order valence-electron chi connectivity index (χ2n) is 5.20. The van der Waals surface area contributed by atoms with Crippen LogP contribution in [0.4, 0.5) is 17.6 Å². The summed E-state index contributed by atoms with van der Waals surface area (Å²) < 4.78 is 62.0. The molecule has 8 heteroatoms. The summed E-state index contributed by atoms with van der Waals surface area (Å²) in [6.45, 7) is -0.972. The highest BCUT2D eigenvalue weighted by atomic mass is 79.9. The van der Waals surface area contributed by atoms with Crippen molar-refractivity contribution < 1.29 is 22.3 Å². The van der Waals surface area contributed by atoms with Crippen LogP contribution < -0.4 is 5.73 Å². The molecular weight excluding hydrogens is 356 g/mol. The minimum Gasteiger partial charge on any atom is -0.459 e. The standard InChI is InChI=1S/C13H11BrF4N2O/c14-7-1-2-8-9(5-7)11(3-4-12(8,15)16)13(17,18)6-21-10(19)20-11/h1-2,5H,3-4,6H2,(H2,19,20). The number of nitrogens with two attached hydrogens (primary N) is 1. The fourth-order valence-electron chi connectivity index (χ4n) is 2.87. The van der Waals surface area contributed by atoms with Crippen molar-refractivity contribution >= 4 is 22.0 Å². The van der Waals surface area contributed by atoms with Crippen LogP contribution in [0.15, 0.2) is 27.7 Å². The molecule has 1 aliphatic carbocycles. The van der Waals surface area contributed by atoms with Gasteiger partial charge in [-0.3, -0.25) is 0 Å². The van der Waals surface area contributed by atoms with Crippen molar-refractivity contribution in [3.63, 3.8) is 0 Å². The van der Waals surface area contributed by atoms with Gasteiger partial charge in [0.15, 0.2) is 12.1 Å². The summed E-state index contributed by atoms with van der Waals surface area (Å²) in [5.74, 6) is -6.58. The fraction of sp³-hybridized carbons (Fsp3) is 0.462. The van der Waals surface area contributed by atoms with E-state index in [0.717, 1.165) is 6.07 Å². The van der Waals surface area contributed by atoms with E-state index >= 15 is 0 Å². The molecule has 3 nitrogen and oxygen atoms in total. The Morgan fingerprint density at radius 3 is 2.57 bits per heavy atom. The van der Waals surface area contributed by atoms with Crippen LogP contribution in [0.25, 0.3) is 0 Å². The Balaban J connectivity index is 2.31. The SMILES string of the molecule is NC1=NC2(CCC(F)(F)c3ccc(Br)cc32)C(F)(F)CO1. The smallest absolute Gasteiger partial charge is 0.310 e. The molecule has 0 radical (unpaired) electrons. The molecule has 1 unspecified atom stereocenters. The van der Waals surface area contributed by atoms with E-state index in [9.17, 15) is 17.6 Å². The molecule has 114 valence electrons. The number of alkyl halides is 4. The molecule has 3 rings (SSSR count). The van der Waals surface area contributed by atoms with E-state index in [2.05, 4.69) is 25.7 Å². The zero-order valence-electron chi connectivity index (χ0n) is 10.7. The third kappa shape index (κ3) is 2.03. The van der Waals surface area contributed by atoms with Crippen LogP contribution in [0.2, 0.25) is 0 Å². The molecule has 1 heterocycles. The van der Waals surface area contributed by atoms with Crippen molar-refractivity contribution in [2.24, 2.45) is 10.7 Å². The van der Waals surface area contributed by atoms with E-state index in [1.165, 1.54) is 12.1 Å². The van der Waals surface area contributed by atoms with Gasteiger partial charge in [-0.05, 0) is 24.1 Å². The third-order valence-electron chi connectivity index (χ3n) is 3.93. The zero-order valence-corrected chi connectivity index (χ0v) is 12.3.